The van der Waals surface area contributed by atoms with E-state index in [9.17, 15) is 14.4 Å². The molecule has 1 aliphatic heterocycles. The second-order valence-electron chi connectivity index (χ2n) is 9.30. The first kappa shape index (κ1) is 24.1. The van der Waals surface area contributed by atoms with Gasteiger partial charge >= 0.3 is 12.2 Å². The Labute approximate surface area is 193 Å². The fourth-order valence-corrected chi connectivity index (χ4v) is 4.10. The van der Waals surface area contributed by atoms with Crippen LogP contribution in [0.3, 0.4) is 0 Å². The molecule has 0 spiro atoms. The quantitative estimate of drug-likeness (QED) is 0.614. The first-order chi connectivity index (χ1) is 15.4. The number of hydrogen-bond donors (Lipinski definition) is 3. The Kier molecular flexibility index (Phi) is 6.95. The van der Waals surface area contributed by atoms with Crippen molar-refractivity contribution in [1.29, 1.82) is 0 Å². The molecule has 1 heterocycles. The molecular formula is C25H31N3O5. The van der Waals surface area contributed by atoms with E-state index >= 15 is 0 Å². The average molecular weight is 454 g/mol. The first-order valence-corrected chi connectivity index (χ1v) is 10.9. The summed E-state index contributed by atoms with van der Waals surface area (Å²) >= 11 is 0. The highest BCUT2D eigenvalue weighted by Crippen LogP contribution is 2.39. The summed E-state index contributed by atoms with van der Waals surface area (Å²) in [6, 6.07) is 13.0. The lowest BCUT2D eigenvalue weighted by atomic mass is 9.89. The number of anilines is 1. The van der Waals surface area contributed by atoms with Crippen LogP contribution in [0.25, 0.3) is 11.1 Å². The minimum absolute atomic E-state index is 0.0532. The minimum atomic E-state index is -1.07. The van der Waals surface area contributed by atoms with Crippen molar-refractivity contribution in [3.8, 4) is 11.1 Å². The summed E-state index contributed by atoms with van der Waals surface area (Å²) in [5.74, 6) is -0.0532. The number of carboxylic acid groups (broad SMARTS) is 1. The summed E-state index contributed by atoms with van der Waals surface area (Å²) < 4.78 is 5.45. The van der Waals surface area contributed by atoms with Crippen LogP contribution in [-0.4, -0.2) is 34.8 Å². The SMILES string of the molecule is CC(=O)N1c2ccc(-c3ccc(CNC(=O)O)cc3)cc2[C@H](NC(=O)OC(C)(C)C)C[C@@H]1C. The molecule has 0 radical (unpaired) electrons. The highest BCUT2D eigenvalue weighted by molar-refractivity contribution is 5.94. The van der Waals surface area contributed by atoms with Gasteiger partial charge in [-0.05, 0) is 68.5 Å². The van der Waals surface area contributed by atoms with Gasteiger partial charge in [-0.3, -0.25) is 4.79 Å². The van der Waals surface area contributed by atoms with Crippen LogP contribution in [0.1, 0.15) is 58.2 Å². The molecule has 33 heavy (non-hydrogen) atoms. The summed E-state index contributed by atoms with van der Waals surface area (Å²) in [5.41, 5.74) is 3.73. The first-order valence-electron chi connectivity index (χ1n) is 10.9. The zero-order chi connectivity index (χ0) is 24.3. The Balaban J connectivity index is 1.93. The molecule has 0 saturated heterocycles. The van der Waals surface area contributed by atoms with Crippen LogP contribution in [0.2, 0.25) is 0 Å². The molecule has 0 unspecified atom stereocenters. The van der Waals surface area contributed by atoms with E-state index in [1.165, 1.54) is 0 Å². The van der Waals surface area contributed by atoms with Gasteiger partial charge in [0.2, 0.25) is 5.91 Å². The van der Waals surface area contributed by atoms with Crippen LogP contribution in [0.5, 0.6) is 0 Å². The lowest BCUT2D eigenvalue weighted by Gasteiger charge is -2.39. The molecule has 0 aromatic heterocycles. The number of hydrogen-bond acceptors (Lipinski definition) is 4. The number of nitrogens with zero attached hydrogens (tertiary/aromatic N) is 1. The van der Waals surface area contributed by atoms with Gasteiger partial charge in [-0.25, -0.2) is 9.59 Å². The summed E-state index contributed by atoms with van der Waals surface area (Å²) in [4.78, 5) is 37.3. The summed E-state index contributed by atoms with van der Waals surface area (Å²) in [6.07, 6.45) is -1.00. The van der Waals surface area contributed by atoms with Crippen molar-refractivity contribution in [3.63, 3.8) is 0 Å². The van der Waals surface area contributed by atoms with Crippen LogP contribution in [0.4, 0.5) is 15.3 Å². The second-order valence-corrected chi connectivity index (χ2v) is 9.30. The van der Waals surface area contributed by atoms with Gasteiger partial charge < -0.3 is 25.4 Å². The molecule has 1 aliphatic rings. The maximum Gasteiger partial charge on any atom is 0.408 e. The Bertz CT molecular complexity index is 1040. The number of alkyl carbamates (subject to hydrolysis) is 1. The lowest BCUT2D eigenvalue weighted by Crippen LogP contribution is -2.46. The molecule has 176 valence electrons. The molecule has 0 aliphatic carbocycles. The van der Waals surface area contributed by atoms with Crippen molar-refractivity contribution in [2.24, 2.45) is 0 Å². The highest BCUT2D eigenvalue weighted by Gasteiger charge is 2.34. The molecule has 0 bridgehead atoms. The average Bonchev–Trinajstić information content (AvgIpc) is 2.70. The maximum absolute atomic E-state index is 12.5. The van der Waals surface area contributed by atoms with Crippen molar-refractivity contribution in [1.82, 2.24) is 10.6 Å². The van der Waals surface area contributed by atoms with Gasteiger partial charge in [0, 0.05) is 25.2 Å². The topological polar surface area (TPSA) is 108 Å². The molecule has 2 aromatic rings. The molecule has 3 N–H and O–H groups in total. The molecule has 3 rings (SSSR count). The second kappa shape index (κ2) is 9.52. The molecular weight excluding hydrogens is 422 g/mol. The smallest absolute Gasteiger partial charge is 0.408 e. The fraction of sp³-hybridized carbons (Fsp3) is 0.400. The number of nitrogens with one attached hydrogen (secondary N) is 2. The van der Waals surface area contributed by atoms with E-state index in [-0.39, 0.29) is 24.5 Å². The van der Waals surface area contributed by atoms with Crippen LogP contribution >= 0.6 is 0 Å². The van der Waals surface area contributed by atoms with Gasteiger partial charge in [-0.2, -0.15) is 0 Å². The van der Waals surface area contributed by atoms with Crippen LogP contribution in [-0.2, 0) is 16.1 Å². The molecule has 8 heteroatoms. The van der Waals surface area contributed by atoms with Crippen molar-refractivity contribution < 1.29 is 24.2 Å². The van der Waals surface area contributed by atoms with E-state index < -0.39 is 17.8 Å². The Morgan fingerprint density at radius 1 is 1.09 bits per heavy atom. The highest BCUT2D eigenvalue weighted by atomic mass is 16.6. The molecule has 2 atom stereocenters. The normalized spacial score (nSPS) is 17.7. The number of carbonyl (C=O) groups excluding carboxylic acids is 2. The molecule has 2 aromatic carbocycles. The van der Waals surface area contributed by atoms with E-state index in [4.69, 9.17) is 9.84 Å². The molecule has 3 amide bonds. The fourth-order valence-electron chi connectivity index (χ4n) is 4.10. The van der Waals surface area contributed by atoms with Gasteiger partial charge in [0.25, 0.3) is 0 Å². The molecule has 0 fully saturated rings. The Hall–Kier alpha value is -3.55. The third-order valence-corrected chi connectivity index (χ3v) is 5.44. The van der Waals surface area contributed by atoms with E-state index in [0.717, 1.165) is 27.9 Å². The van der Waals surface area contributed by atoms with Crippen molar-refractivity contribution in [2.75, 3.05) is 4.90 Å². The zero-order valence-corrected chi connectivity index (χ0v) is 19.6. The van der Waals surface area contributed by atoms with Gasteiger partial charge in [-0.1, -0.05) is 30.3 Å². The summed E-state index contributed by atoms with van der Waals surface area (Å²) in [7, 11) is 0. The van der Waals surface area contributed by atoms with Gasteiger partial charge in [-0.15, -0.1) is 0 Å². The van der Waals surface area contributed by atoms with Crippen LogP contribution < -0.4 is 15.5 Å². The van der Waals surface area contributed by atoms with E-state index in [1.54, 1.807) is 11.8 Å². The predicted octanol–water partition coefficient (Wildman–Crippen LogP) is 4.83. The van der Waals surface area contributed by atoms with Crippen LogP contribution in [0.15, 0.2) is 42.5 Å². The van der Waals surface area contributed by atoms with Gasteiger partial charge in [0.15, 0.2) is 0 Å². The monoisotopic (exact) mass is 453 g/mol. The number of benzene rings is 2. The zero-order valence-electron chi connectivity index (χ0n) is 19.6. The van der Waals surface area contributed by atoms with Gasteiger partial charge in [0.1, 0.15) is 5.60 Å². The molecule has 0 saturated carbocycles. The Morgan fingerprint density at radius 3 is 2.30 bits per heavy atom. The van der Waals surface area contributed by atoms with Gasteiger partial charge in [0.05, 0.1) is 6.04 Å². The third-order valence-electron chi connectivity index (χ3n) is 5.44. The Morgan fingerprint density at radius 2 is 1.73 bits per heavy atom. The van der Waals surface area contributed by atoms with Crippen molar-refractivity contribution in [2.45, 2.75) is 65.3 Å². The number of ether oxygens (including phenoxy) is 1. The largest absolute Gasteiger partial charge is 0.465 e. The van der Waals surface area contributed by atoms with E-state index in [1.807, 2.05) is 70.2 Å². The number of fused-ring (bicyclic) bond motifs is 1. The van der Waals surface area contributed by atoms with E-state index in [2.05, 4.69) is 10.6 Å². The van der Waals surface area contributed by atoms with E-state index in [0.29, 0.717) is 6.42 Å². The molecule has 8 nitrogen and oxygen atoms in total. The van der Waals surface area contributed by atoms with Crippen LogP contribution in [0, 0.1) is 0 Å². The maximum atomic E-state index is 12.5. The lowest BCUT2D eigenvalue weighted by molar-refractivity contribution is -0.117. The summed E-state index contributed by atoms with van der Waals surface area (Å²) in [6.45, 7) is 9.18. The third kappa shape index (κ3) is 6.03. The number of amides is 3. The van der Waals surface area contributed by atoms with Crippen molar-refractivity contribution >= 4 is 23.8 Å². The number of carbonyl (C=O) groups is 3. The van der Waals surface area contributed by atoms with Crippen molar-refractivity contribution in [3.05, 3.63) is 53.6 Å². The summed E-state index contributed by atoms with van der Waals surface area (Å²) in [5, 5.41) is 14.1. The standard InChI is InChI=1S/C25H31N3O5/c1-15-12-21(27-24(32)33-25(3,4)5)20-13-19(10-11-22(20)28(15)16(2)29)18-8-6-17(7-9-18)14-26-23(30)31/h6-11,13,15,21,26H,12,14H2,1-5H3,(H,27,32)(H,30,31)/t15-,21+/m0/s1. The predicted molar refractivity (Wildman–Crippen MR) is 126 cm³/mol. The number of rotatable bonds is 4. The minimum Gasteiger partial charge on any atom is -0.465 e.